The minimum Gasteiger partial charge on any atom is -0.475 e. The molecule has 3 rings (SSSR count). The Morgan fingerprint density at radius 2 is 1.90 bits per heavy atom. The molecule has 1 aliphatic heterocycles. The highest BCUT2D eigenvalue weighted by Crippen LogP contribution is 2.26. The second kappa shape index (κ2) is 9.98. The molecule has 11 heteroatoms. The average Bonchev–Trinajstić information content (AvgIpc) is 3.38. The molecule has 30 heavy (non-hydrogen) atoms. The number of benzene rings is 1. The number of hydrogen-bond acceptors (Lipinski definition) is 5. The Kier molecular flexibility index (Phi) is 7.90. The van der Waals surface area contributed by atoms with Gasteiger partial charge in [0.2, 0.25) is 5.91 Å². The summed E-state index contributed by atoms with van der Waals surface area (Å²) in [4.78, 5) is 27.1. The Balaban J connectivity index is 0.000000396. The Bertz CT molecular complexity index is 844. The molecule has 1 aromatic carbocycles. The highest BCUT2D eigenvalue weighted by Gasteiger charge is 2.38. The quantitative estimate of drug-likeness (QED) is 0.700. The first-order valence-electron chi connectivity index (χ1n) is 8.99. The van der Waals surface area contributed by atoms with Crippen LogP contribution in [0.2, 0.25) is 0 Å². The Morgan fingerprint density at radius 1 is 1.30 bits per heavy atom. The number of carbonyl (C=O) groups is 2. The molecule has 0 unspecified atom stereocenters. The van der Waals surface area contributed by atoms with Crippen molar-refractivity contribution in [1.29, 1.82) is 0 Å². The second-order valence-corrected chi connectivity index (χ2v) is 7.64. The molecule has 2 heterocycles. The summed E-state index contributed by atoms with van der Waals surface area (Å²) in [7, 11) is 0. The molecular formula is C19H21F4N3O3S. The highest BCUT2D eigenvalue weighted by molar-refractivity contribution is 7.13. The van der Waals surface area contributed by atoms with Crippen molar-refractivity contribution in [3.05, 3.63) is 41.4 Å². The molecule has 3 N–H and O–H groups in total. The Labute approximate surface area is 174 Å². The van der Waals surface area contributed by atoms with Gasteiger partial charge in [-0.25, -0.2) is 14.2 Å². The number of likely N-dealkylation sites (tertiary alicyclic amines) is 1. The van der Waals surface area contributed by atoms with E-state index in [1.807, 2.05) is 36.6 Å². The first-order chi connectivity index (χ1) is 14.0. The van der Waals surface area contributed by atoms with Crippen molar-refractivity contribution >= 4 is 23.2 Å². The minimum absolute atomic E-state index is 0.119. The summed E-state index contributed by atoms with van der Waals surface area (Å²) in [5.41, 5.74) is 8.18. The number of hydrogen-bond donors (Lipinski definition) is 2. The van der Waals surface area contributed by atoms with Gasteiger partial charge in [-0.2, -0.15) is 13.2 Å². The molecule has 0 spiro atoms. The van der Waals surface area contributed by atoms with Crippen LogP contribution in [0.25, 0.3) is 10.6 Å². The Morgan fingerprint density at radius 3 is 2.33 bits per heavy atom. The normalized spacial score (nSPS) is 18.3. The molecule has 1 fully saturated rings. The molecule has 0 radical (unpaired) electrons. The number of carboxylic acid groups (broad SMARTS) is 1. The van der Waals surface area contributed by atoms with Crippen LogP contribution >= 0.6 is 11.3 Å². The maximum Gasteiger partial charge on any atom is 0.490 e. The van der Waals surface area contributed by atoms with E-state index in [1.165, 1.54) is 4.90 Å². The SMILES string of the molecule is C[C@@H](c1ccc(-c2nccs2)cc1)[C@H](N)C(=O)N1CC[C@H](F)C1.O=C(O)C(F)(F)F. The number of thiazole rings is 1. The van der Waals surface area contributed by atoms with Gasteiger partial charge in [-0.1, -0.05) is 31.2 Å². The van der Waals surface area contributed by atoms with E-state index in [0.717, 1.165) is 16.1 Å². The fourth-order valence-electron chi connectivity index (χ4n) is 2.85. The number of nitrogens with zero attached hydrogens (tertiary/aromatic N) is 2. The third-order valence-corrected chi connectivity index (χ3v) is 5.45. The van der Waals surface area contributed by atoms with E-state index in [0.29, 0.717) is 13.0 Å². The zero-order chi connectivity index (χ0) is 22.5. The maximum absolute atomic E-state index is 13.3. The topological polar surface area (TPSA) is 96.5 Å². The van der Waals surface area contributed by atoms with Gasteiger partial charge in [0.15, 0.2) is 0 Å². The summed E-state index contributed by atoms with van der Waals surface area (Å²) < 4.78 is 45.0. The molecule has 2 aromatic rings. The van der Waals surface area contributed by atoms with Crippen molar-refractivity contribution in [1.82, 2.24) is 9.88 Å². The molecule has 1 aromatic heterocycles. The second-order valence-electron chi connectivity index (χ2n) is 6.75. The fourth-order valence-corrected chi connectivity index (χ4v) is 3.49. The maximum atomic E-state index is 13.3. The van der Waals surface area contributed by atoms with E-state index in [2.05, 4.69) is 4.98 Å². The highest BCUT2D eigenvalue weighted by atomic mass is 32.1. The largest absolute Gasteiger partial charge is 0.490 e. The van der Waals surface area contributed by atoms with Gasteiger partial charge >= 0.3 is 12.1 Å². The van der Waals surface area contributed by atoms with Crippen molar-refractivity contribution in [2.45, 2.75) is 37.7 Å². The zero-order valence-corrected chi connectivity index (χ0v) is 16.8. The van der Waals surface area contributed by atoms with Crippen molar-refractivity contribution < 1.29 is 32.3 Å². The number of nitrogens with two attached hydrogens (primary N) is 1. The summed E-state index contributed by atoms with van der Waals surface area (Å²) in [5, 5.41) is 10.0. The van der Waals surface area contributed by atoms with E-state index in [9.17, 15) is 22.4 Å². The van der Waals surface area contributed by atoms with Gasteiger partial charge in [0.05, 0.1) is 12.6 Å². The molecule has 1 amide bonds. The summed E-state index contributed by atoms with van der Waals surface area (Å²) in [6.45, 7) is 2.57. The number of halogens is 4. The zero-order valence-electron chi connectivity index (χ0n) is 16.0. The van der Waals surface area contributed by atoms with E-state index >= 15 is 0 Å². The smallest absolute Gasteiger partial charge is 0.475 e. The van der Waals surface area contributed by atoms with Crippen LogP contribution in [0.4, 0.5) is 17.6 Å². The Hall–Kier alpha value is -2.53. The number of aliphatic carboxylic acids is 1. The third kappa shape index (κ3) is 6.23. The molecule has 3 atom stereocenters. The van der Waals surface area contributed by atoms with Crippen LogP contribution in [0.3, 0.4) is 0 Å². The molecule has 6 nitrogen and oxygen atoms in total. The lowest BCUT2D eigenvalue weighted by molar-refractivity contribution is -0.192. The van der Waals surface area contributed by atoms with Gasteiger partial charge in [0, 0.05) is 29.6 Å². The lowest BCUT2D eigenvalue weighted by atomic mass is 9.92. The number of carbonyl (C=O) groups excluding carboxylic acids is 1. The van der Waals surface area contributed by atoms with Crippen LogP contribution in [0, 0.1) is 0 Å². The van der Waals surface area contributed by atoms with Crippen LogP contribution in [-0.4, -0.2) is 58.3 Å². The summed E-state index contributed by atoms with van der Waals surface area (Å²) in [6, 6.07) is 7.31. The monoisotopic (exact) mass is 447 g/mol. The van der Waals surface area contributed by atoms with Gasteiger partial charge in [-0.05, 0) is 12.0 Å². The first kappa shape index (κ1) is 23.7. The van der Waals surface area contributed by atoms with Gasteiger partial charge in [-0.3, -0.25) is 4.79 Å². The fraction of sp³-hybridized carbons (Fsp3) is 0.421. The van der Waals surface area contributed by atoms with E-state index in [-0.39, 0.29) is 18.4 Å². The van der Waals surface area contributed by atoms with Gasteiger partial charge < -0.3 is 15.7 Å². The number of alkyl halides is 4. The molecule has 164 valence electrons. The van der Waals surface area contributed by atoms with Crippen LogP contribution < -0.4 is 5.73 Å². The van der Waals surface area contributed by atoms with Crippen molar-refractivity contribution in [2.75, 3.05) is 13.1 Å². The van der Waals surface area contributed by atoms with Gasteiger partial charge in [0.25, 0.3) is 0 Å². The third-order valence-electron chi connectivity index (χ3n) is 4.62. The van der Waals surface area contributed by atoms with Crippen LogP contribution in [-0.2, 0) is 9.59 Å². The minimum atomic E-state index is -5.08. The molecule has 1 saturated heterocycles. The number of aromatic nitrogens is 1. The van der Waals surface area contributed by atoms with Crippen LogP contribution in [0.5, 0.6) is 0 Å². The van der Waals surface area contributed by atoms with E-state index in [1.54, 1.807) is 17.5 Å². The predicted octanol–water partition coefficient (Wildman–Crippen LogP) is 3.44. The van der Waals surface area contributed by atoms with Crippen molar-refractivity contribution in [2.24, 2.45) is 5.73 Å². The summed E-state index contributed by atoms with van der Waals surface area (Å²) >= 11 is 1.59. The first-order valence-corrected chi connectivity index (χ1v) is 9.87. The molecule has 0 bridgehead atoms. The predicted molar refractivity (Wildman–Crippen MR) is 104 cm³/mol. The summed E-state index contributed by atoms with van der Waals surface area (Å²) in [6.07, 6.45) is -3.81. The molecule has 0 saturated carbocycles. The molecular weight excluding hydrogens is 426 g/mol. The summed E-state index contributed by atoms with van der Waals surface area (Å²) in [5.74, 6) is -3.04. The lowest BCUT2D eigenvalue weighted by Gasteiger charge is -2.25. The van der Waals surface area contributed by atoms with Gasteiger partial charge in [0.1, 0.15) is 11.2 Å². The number of carboxylic acids is 1. The van der Waals surface area contributed by atoms with Crippen molar-refractivity contribution in [3.8, 4) is 10.6 Å². The van der Waals surface area contributed by atoms with Crippen LogP contribution in [0.15, 0.2) is 35.8 Å². The standard InChI is InChI=1S/C17H20FN3OS.C2HF3O2/c1-11(15(19)17(22)21-8-6-14(18)10-21)12-2-4-13(5-3-12)16-20-7-9-23-16;3-2(4,5)1(6)7/h2-5,7,9,11,14-15H,6,8,10,19H2,1H3;(H,6,7)/t11-,14-,15-;/m0./s1. The van der Waals surface area contributed by atoms with E-state index < -0.39 is 24.4 Å². The van der Waals surface area contributed by atoms with E-state index in [4.69, 9.17) is 15.6 Å². The van der Waals surface area contributed by atoms with Crippen molar-refractivity contribution in [3.63, 3.8) is 0 Å². The lowest BCUT2D eigenvalue weighted by Crippen LogP contribution is -2.45. The number of rotatable bonds is 4. The van der Waals surface area contributed by atoms with Crippen LogP contribution in [0.1, 0.15) is 24.8 Å². The number of amides is 1. The van der Waals surface area contributed by atoms with Gasteiger partial charge in [-0.15, -0.1) is 11.3 Å². The molecule has 0 aliphatic carbocycles. The molecule has 1 aliphatic rings. The average molecular weight is 447 g/mol.